The Labute approximate surface area is 132 Å². The molecule has 0 heterocycles. The lowest BCUT2D eigenvalue weighted by Gasteiger charge is -2.32. The van der Waals surface area contributed by atoms with Gasteiger partial charge in [0.15, 0.2) is 0 Å². The first kappa shape index (κ1) is 18.2. The van der Waals surface area contributed by atoms with E-state index >= 15 is 0 Å². The summed E-state index contributed by atoms with van der Waals surface area (Å²) >= 11 is 0. The van der Waals surface area contributed by atoms with E-state index in [4.69, 9.17) is 0 Å². The highest BCUT2D eigenvalue weighted by atomic mass is 14.9. The topological polar surface area (TPSA) is 12.0 Å². The molecule has 1 rings (SSSR count). The van der Waals surface area contributed by atoms with Gasteiger partial charge in [-0.15, -0.1) is 0 Å². The van der Waals surface area contributed by atoms with Crippen LogP contribution >= 0.6 is 0 Å². The van der Waals surface area contributed by atoms with E-state index in [1.807, 2.05) is 0 Å². The fourth-order valence-corrected chi connectivity index (χ4v) is 3.56. The maximum absolute atomic E-state index is 3.84. The van der Waals surface area contributed by atoms with E-state index in [-0.39, 0.29) is 0 Å². The molecule has 0 aliphatic heterocycles. The molecule has 0 aliphatic rings. The SMILES string of the molecule is CCCNC(c1c(C)c(C)c(C)c(C)c1C)C(CC)CC. The van der Waals surface area contributed by atoms with Crippen LogP contribution in [0, 0.1) is 40.5 Å². The van der Waals surface area contributed by atoms with E-state index in [9.17, 15) is 0 Å². The molecule has 0 radical (unpaired) electrons. The van der Waals surface area contributed by atoms with Crippen molar-refractivity contribution in [2.75, 3.05) is 6.54 Å². The summed E-state index contributed by atoms with van der Waals surface area (Å²) in [7, 11) is 0. The molecule has 1 unspecified atom stereocenters. The van der Waals surface area contributed by atoms with Crippen molar-refractivity contribution in [3.8, 4) is 0 Å². The highest BCUT2D eigenvalue weighted by Gasteiger charge is 2.25. The zero-order valence-electron chi connectivity index (χ0n) is 15.5. The minimum Gasteiger partial charge on any atom is -0.310 e. The molecule has 1 aromatic rings. The average Bonchev–Trinajstić information content (AvgIpc) is 2.49. The maximum Gasteiger partial charge on any atom is 0.0353 e. The smallest absolute Gasteiger partial charge is 0.0353 e. The molecule has 0 bridgehead atoms. The summed E-state index contributed by atoms with van der Waals surface area (Å²) in [5.74, 6) is 0.718. The Kier molecular flexibility index (Phi) is 6.93. The normalized spacial score (nSPS) is 13.0. The van der Waals surface area contributed by atoms with E-state index in [2.05, 4.69) is 60.7 Å². The van der Waals surface area contributed by atoms with E-state index < -0.39 is 0 Å². The van der Waals surface area contributed by atoms with Crippen LogP contribution in [0.15, 0.2) is 0 Å². The highest BCUT2D eigenvalue weighted by Crippen LogP contribution is 2.36. The van der Waals surface area contributed by atoms with E-state index in [0.717, 1.165) is 12.5 Å². The Balaban J connectivity index is 3.43. The summed E-state index contributed by atoms with van der Waals surface area (Å²) in [5.41, 5.74) is 8.97. The lowest BCUT2D eigenvalue weighted by molar-refractivity contribution is 0.339. The van der Waals surface area contributed by atoms with E-state index in [0.29, 0.717) is 6.04 Å². The first-order chi connectivity index (χ1) is 9.90. The van der Waals surface area contributed by atoms with Crippen LogP contribution in [0.5, 0.6) is 0 Å². The number of rotatable bonds is 7. The van der Waals surface area contributed by atoms with Crippen molar-refractivity contribution >= 4 is 0 Å². The molecule has 21 heavy (non-hydrogen) atoms. The van der Waals surface area contributed by atoms with Gasteiger partial charge in [-0.3, -0.25) is 0 Å². The Morgan fingerprint density at radius 1 is 0.714 bits per heavy atom. The Bertz CT molecular complexity index is 440. The molecule has 0 aromatic heterocycles. The third-order valence-electron chi connectivity index (χ3n) is 5.50. The lowest BCUT2D eigenvalue weighted by atomic mass is 9.80. The van der Waals surface area contributed by atoms with E-state index in [1.54, 1.807) is 5.56 Å². The van der Waals surface area contributed by atoms with Gasteiger partial charge in [0.2, 0.25) is 0 Å². The molecule has 1 heteroatoms. The van der Waals surface area contributed by atoms with Gasteiger partial charge in [-0.05, 0) is 86.9 Å². The van der Waals surface area contributed by atoms with Gasteiger partial charge >= 0.3 is 0 Å². The maximum atomic E-state index is 3.84. The minimum absolute atomic E-state index is 0.498. The predicted molar refractivity (Wildman–Crippen MR) is 95.2 cm³/mol. The fraction of sp³-hybridized carbons (Fsp3) is 0.700. The quantitative estimate of drug-likeness (QED) is 0.678. The van der Waals surface area contributed by atoms with Gasteiger partial charge in [0.25, 0.3) is 0 Å². The molecule has 0 fully saturated rings. The summed E-state index contributed by atoms with van der Waals surface area (Å²) in [4.78, 5) is 0. The number of hydrogen-bond acceptors (Lipinski definition) is 1. The van der Waals surface area contributed by atoms with Crippen LogP contribution in [0.3, 0.4) is 0 Å². The summed E-state index contributed by atoms with van der Waals surface area (Å²) in [6, 6.07) is 0.498. The standard InChI is InChI=1S/C20H35N/c1-9-12-21-20(18(10-2)11-3)19-16(7)14(5)13(4)15(6)17(19)8/h18,20-21H,9-12H2,1-8H3. The van der Waals surface area contributed by atoms with Crippen molar-refractivity contribution < 1.29 is 0 Å². The lowest BCUT2D eigenvalue weighted by Crippen LogP contribution is -2.30. The third kappa shape index (κ3) is 3.69. The highest BCUT2D eigenvalue weighted by molar-refractivity contribution is 5.50. The van der Waals surface area contributed by atoms with E-state index in [1.165, 1.54) is 47.1 Å². The van der Waals surface area contributed by atoms with Crippen molar-refractivity contribution in [1.82, 2.24) is 5.32 Å². The molecule has 0 spiro atoms. The molecule has 1 atom stereocenters. The van der Waals surface area contributed by atoms with Gasteiger partial charge in [0.05, 0.1) is 0 Å². The first-order valence-electron chi connectivity index (χ1n) is 8.70. The predicted octanol–water partition coefficient (Wildman–Crippen LogP) is 5.71. The number of nitrogens with one attached hydrogen (secondary N) is 1. The Morgan fingerprint density at radius 3 is 1.52 bits per heavy atom. The Hall–Kier alpha value is -0.820. The van der Waals surface area contributed by atoms with Crippen LogP contribution in [0.1, 0.15) is 79.5 Å². The van der Waals surface area contributed by atoms with Crippen LogP contribution in [-0.4, -0.2) is 6.54 Å². The summed E-state index contributed by atoms with van der Waals surface area (Å²) in [5, 5.41) is 3.84. The van der Waals surface area contributed by atoms with Gasteiger partial charge in [0.1, 0.15) is 0 Å². The first-order valence-corrected chi connectivity index (χ1v) is 8.70. The second-order valence-electron chi connectivity index (χ2n) is 6.55. The zero-order chi connectivity index (χ0) is 16.2. The molecule has 0 amide bonds. The van der Waals surface area contributed by atoms with Gasteiger partial charge in [-0.25, -0.2) is 0 Å². The molecule has 1 nitrogen and oxygen atoms in total. The van der Waals surface area contributed by atoms with Gasteiger partial charge in [-0.2, -0.15) is 0 Å². The van der Waals surface area contributed by atoms with Crippen molar-refractivity contribution in [2.24, 2.45) is 5.92 Å². The molecule has 1 N–H and O–H groups in total. The van der Waals surface area contributed by atoms with Crippen molar-refractivity contribution in [2.45, 2.75) is 80.7 Å². The summed E-state index contributed by atoms with van der Waals surface area (Å²) in [6.45, 7) is 19.5. The van der Waals surface area contributed by atoms with Gasteiger partial charge in [0, 0.05) is 6.04 Å². The summed E-state index contributed by atoms with van der Waals surface area (Å²) in [6.07, 6.45) is 3.67. The molecule has 0 aliphatic carbocycles. The fourth-order valence-electron chi connectivity index (χ4n) is 3.56. The number of hydrogen-bond donors (Lipinski definition) is 1. The Morgan fingerprint density at radius 2 is 1.14 bits per heavy atom. The van der Waals surface area contributed by atoms with Crippen LogP contribution in [0.25, 0.3) is 0 Å². The molecular weight excluding hydrogens is 254 g/mol. The van der Waals surface area contributed by atoms with Crippen molar-refractivity contribution in [3.63, 3.8) is 0 Å². The second kappa shape index (κ2) is 7.98. The largest absolute Gasteiger partial charge is 0.310 e. The van der Waals surface area contributed by atoms with Gasteiger partial charge in [-0.1, -0.05) is 33.6 Å². The van der Waals surface area contributed by atoms with Crippen LogP contribution in [0.4, 0.5) is 0 Å². The second-order valence-corrected chi connectivity index (χ2v) is 6.55. The molecule has 0 saturated heterocycles. The van der Waals surface area contributed by atoms with Crippen LogP contribution in [0.2, 0.25) is 0 Å². The third-order valence-corrected chi connectivity index (χ3v) is 5.50. The zero-order valence-corrected chi connectivity index (χ0v) is 15.5. The van der Waals surface area contributed by atoms with Crippen molar-refractivity contribution in [3.05, 3.63) is 33.4 Å². The average molecular weight is 290 g/mol. The molecular formula is C20H35N. The van der Waals surface area contributed by atoms with Crippen molar-refractivity contribution in [1.29, 1.82) is 0 Å². The molecule has 0 saturated carbocycles. The molecule has 120 valence electrons. The van der Waals surface area contributed by atoms with Crippen LogP contribution < -0.4 is 5.32 Å². The monoisotopic (exact) mass is 289 g/mol. The minimum atomic E-state index is 0.498. The van der Waals surface area contributed by atoms with Gasteiger partial charge < -0.3 is 5.32 Å². The summed E-state index contributed by atoms with van der Waals surface area (Å²) < 4.78 is 0. The van der Waals surface area contributed by atoms with Crippen LogP contribution in [-0.2, 0) is 0 Å². The molecule has 1 aromatic carbocycles. The number of benzene rings is 1.